The van der Waals surface area contributed by atoms with E-state index in [1.54, 1.807) is 0 Å². The van der Waals surface area contributed by atoms with Gasteiger partial charge in [-0.3, -0.25) is 0 Å². The van der Waals surface area contributed by atoms with Crippen molar-refractivity contribution in [1.29, 1.82) is 0 Å². The van der Waals surface area contributed by atoms with E-state index in [4.69, 9.17) is 23.2 Å². The molecule has 3 nitrogen and oxygen atoms in total. The molecule has 1 aliphatic heterocycles. The van der Waals surface area contributed by atoms with Crippen LogP contribution in [0.4, 0.5) is 0 Å². The number of sulfonamides is 1. The minimum Gasteiger partial charge on any atom is -0.207 e. The number of rotatable bonds is 2. The summed E-state index contributed by atoms with van der Waals surface area (Å²) in [5.74, 6) is 0.410. The average molecular weight is 294 g/mol. The molecule has 0 spiro atoms. The van der Waals surface area contributed by atoms with Gasteiger partial charge in [-0.25, -0.2) is 8.42 Å². The Balaban J connectivity index is 2.35. The topological polar surface area (TPSA) is 37.4 Å². The second-order valence-electron chi connectivity index (χ2n) is 4.33. The predicted octanol–water partition coefficient (Wildman–Crippen LogP) is 3.02. The third-order valence-corrected chi connectivity index (χ3v) is 5.52. The molecule has 0 N–H and O–H groups in total. The van der Waals surface area contributed by atoms with Gasteiger partial charge in [0.05, 0.1) is 14.9 Å². The van der Waals surface area contributed by atoms with Gasteiger partial charge in [0.15, 0.2) is 0 Å². The van der Waals surface area contributed by atoms with E-state index in [9.17, 15) is 8.42 Å². The van der Waals surface area contributed by atoms with Crippen LogP contribution in [0.25, 0.3) is 0 Å². The molecule has 1 aliphatic rings. The van der Waals surface area contributed by atoms with Crippen molar-refractivity contribution in [2.45, 2.75) is 18.2 Å². The minimum atomic E-state index is -3.42. The van der Waals surface area contributed by atoms with Crippen LogP contribution in [0.3, 0.4) is 0 Å². The molecular weight excluding hydrogens is 281 g/mol. The first-order valence-electron chi connectivity index (χ1n) is 5.36. The summed E-state index contributed by atoms with van der Waals surface area (Å²) in [6.07, 6.45) is 0.903. The first kappa shape index (κ1) is 13.1. The standard InChI is InChI=1S/C11H13Cl2NO2S/c1-8-4-5-14(7-8)17(15,16)9-2-3-10(12)11(13)6-9/h2-3,6,8H,4-5,7H2,1H3. The highest BCUT2D eigenvalue weighted by Crippen LogP contribution is 2.28. The largest absolute Gasteiger partial charge is 0.243 e. The fourth-order valence-electron chi connectivity index (χ4n) is 1.90. The molecule has 0 saturated carbocycles. The van der Waals surface area contributed by atoms with Crippen LogP contribution in [0, 0.1) is 5.92 Å². The van der Waals surface area contributed by atoms with E-state index < -0.39 is 10.0 Å². The number of hydrogen-bond donors (Lipinski definition) is 0. The fraction of sp³-hybridized carbons (Fsp3) is 0.455. The summed E-state index contributed by atoms with van der Waals surface area (Å²) in [6.45, 7) is 3.19. The number of benzene rings is 1. The molecule has 6 heteroatoms. The number of nitrogens with zero attached hydrogens (tertiary/aromatic N) is 1. The van der Waals surface area contributed by atoms with Crippen molar-refractivity contribution in [3.63, 3.8) is 0 Å². The first-order chi connectivity index (χ1) is 7.91. The first-order valence-corrected chi connectivity index (χ1v) is 7.56. The number of halogens is 2. The molecule has 1 unspecified atom stereocenters. The van der Waals surface area contributed by atoms with Crippen molar-refractivity contribution >= 4 is 33.2 Å². The van der Waals surface area contributed by atoms with Gasteiger partial charge in [0.2, 0.25) is 10.0 Å². The van der Waals surface area contributed by atoms with Crippen LogP contribution in [-0.2, 0) is 10.0 Å². The zero-order chi connectivity index (χ0) is 12.6. The molecular formula is C11H13Cl2NO2S. The van der Waals surface area contributed by atoms with Crippen LogP contribution in [-0.4, -0.2) is 25.8 Å². The van der Waals surface area contributed by atoms with Gasteiger partial charge in [-0.05, 0) is 30.5 Å². The van der Waals surface area contributed by atoms with Crippen molar-refractivity contribution in [2.24, 2.45) is 5.92 Å². The lowest BCUT2D eigenvalue weighted by atomic mass is 10.2. The molecule has 1 aromatic rings. The fourth-order valence-corrected chi connectivity index (χ4v) is 3.86. The van der Waals surface area contributed by atoms with Crippen LogP contribution in [0.5, 0.6) is 0 Å². The molecule has 0 aromatic heterocycles. The molecule has 1 heterocycles. The van der Waals surface area contributed by atoms with Crippen LogP contribution in [0.15, 0.2) is 23.1 Å². The van der Waals surface area contributed by atoms with E-state index in [2.05, 4.69) is 0 Å². The third-order valence-electron chi connectivity index (χ3n) is 2.92. The summed E-state index contributed by atoms with van der Waals surface area (Å²) in [6, 6.07) is 4.41. The Morgan fingerprint density at radius 1 is 1.29 bits per heavy atom. The molecule has 17 heavy (non-hydrogen) atoms. The maximum atomic E-state index is 12.3. The van der Waals surface area contributed by atoms with Gasteiger partial charge in [0.25, 0.3) is 0 Å². The maximum absolute atomic E-state index is 12.3. The zero-order valence-electron chi connectivity index (χ0n) is 9.36. The lowest BCUT2D eigenvalue weighted by Crippen LogP contribution is -2.28. The highest BCUT2D eigenvalue weighted by Gasteiger charge is 2.30. The SMILES string of the molecule is CC1CCN(S(=O)(=O)c2ccc(Cl)c(Cl)c2)C1. The van der Waals surface area contributed by atoms with Crippen molar-refractivity contribution in [1.82, 2.24) is 4.31 Å². The average Bonchev–Trinajstić information content (AvgIpc) is 2.69. The molecule has 0 radical (unpaired) electrons. The molecule has 1 atom stereocenters. The van der Waals surface area contributed by atoms with E-state index in [1.165, 1.54) is 22.5 Å². The quantitative estimate of drug-likeness (QED) is 0.840. The molecule has 1 saturated heterocycles. The van der Waals surface area contributed by atoms with E-state index in [1.807, 2.05) is 6.92 Å². The summed E-state index contributed by atoms with van der Waals surface area (Å²) in [5, 5.41) is 0.625. The summed E-state index contributed by atoms with van der Waals surface area (Å²) < 4.78 is 26.0. The van der Waals surface area contributed by atoms with Gasteiger partial charge < -0.3 is 0 Å². The van der Waals surface area contributed by atoms with Crippen molar-refractivity contribution in [2.75, 3.05) is 13.1 Å². The normalized spacial score (nSPS) is 21.9. The summed E-state index contributed by atoms with van der Waals surface area (Å²) in [7, 11) is -3.42. The van der Waals surface area contributed by atoms with Gasteiger partial charge in [0.1, 0.15) is 0 Å². The highest BCUT2D eigenvalue weighted by molar-refractivity contribution is 7.89. The Kier molecular flexibility index (Phi) is 3.69. The van der Waals surface area contributed by atoms with E-state index in [-0.39, 0.29) is 9.92 Å². The van der Waals surface area contributed by atoms with Gasteiger partial charge in [-0.15, -0.1) is 0 Å². The lowest BCUT2D eigenvalue weighted by Gasteiger charge is -2.16. The molecule has 0 bridgehead atoms. The van der Waals surface area contributed by atoms with Crippen LogP contribution < -0.4 is 0 Å². The third kappa shape index (κ3) is 2.60. The molecule has 1 fully saturated rings. The summed E-state index contributed by atoms with van der Waals surface area (Å²) >= 11 is 11.6. The monoisotopic (exact) mass is 293 g/mol. The van der Waals surface area contributed by atoms with E-state index >= 15 is 0 Å². The second kappa shape index (κ2) is 4.76. The van der Waals surface area contributed by atoms with Gasteiger partial charge in [0, 0.05) is 13.1 Å². The van der Waals surface area contributed by atoms with E-state index in [0.29, 0.717) is 24.0 Å². The van der Waals surface area contributed by atoms with Crippen molar-refractivity contribution in [3.8, 4) is 0 Å². The Morgan fingerprint density at radius 2 is 2.00 bits per heavy atom. The minimum absolute atomic E-state index is 0.209. The number of hydrogen-bond acceptors (Lipinski definition) is 2. The van der Waals surface area contributed by atoms with Crippen LogP contribution >= 0.6 is 23.2 Å². The van der Waals surface area contributed by atoms with Crippen LogP contribution in [0.2, 0.25) is 10.0 Å². The van der Waals surface area contributed by atoms with Crippen molar-refractivity contribution < 1.29 is 8.42 Å². The molecule has 1 aromatic carbocycles. The Morgan fingerprint density at radius 3 is 2.53 bits per heavy atom. The second-order valence-corrected chi connectivity index (χ2v) is 7.09. The smallest absolute Gasteiger partial charge is 0.207 e. The predicted molar refractivity (Wildman–Crippen MR) is 69.0 cm³/mol. The maximum Gasteiger partial charge on any atom is 0.243 e. The molecule has 2 rings (SSSR count). The Hall–Kier alpha value is -0.290. The highest BCUT2D eigenvalue weighted by atomic mass is 35.5. The molecule has 94 valence electrons. The van der Waals surface area contributed by atoms with Gasteiger partial charge >= 0.3 is 0 Å². The molecule has 0 aliphatic carbocycles. The Labute approximate surface area is 111 Å². The van der Waals surface area contributed by atoms with Gasteiger partial charge in [-0.2, -0.15) is 4.31 Å². The summed E-state index contributed by atoms with van der Waals surface area (Å²) in [4.78, 5) is 0.209. The zero-order valence-corrected chi connectivity index (χ0v) is 11.7. The summed E-state index contributed by atoms with van der Waals surface area (Å²) in [5.41, 5.74) is 0. The van der Waals surface area contributed by atoms with Gasteiger partial charge in [-0.1, -0.05) is 30.1 Å². The van der Waals surface area contributed by atoms with E-state index in [0.717, 1.165) is 6.42 Å². The lowest BCUT2D eigenvalue weighted by molar-refractivity contribution is 0.464. The van der Waals surface area contributed by atoms with Crippen LogP contribution in [0.1, 0.15) is 13.3 Å². The molecule has 0 amide bonds. The van der Waals surface area contributed by atoms with Crippen molar-refractivity contribution in [3.05, 3.63) is 28.2 Å². The Bertz CT molecular complexity index is 530.